The Morgan fingerprint density at radius 2 is 1.93 bits per heavy atom. The van der Waals surface area contributed by atoms with Gasteiger partial charge >= 0.3 is 0 Å². The minimum atomic E-state index is -0.00395. The first-order valence-corrected chi connectivity index (χ1v) is 9.95. The smallest absolute Gasteiger partial charge is 0.220 e. The summed E-state index contributed by atoms with van der Waals surface area (Å²) in [5, 5.41) is 7.58. The number of aryl methyl sites for hydroxylation is 1. The average Bonchev–Trinajstić information content (AvgIpc) is 2.69. The number of benzene rings is 2. The Balaban J connectivity index is 1.34. The van der Waals surface area contributed by atoms with Crippen LogP contribution in [-0.4, -0.2) is 37.7 Å². The summed E-state index contributed by atoms with van der Waals surface area (Å²) in [5.41, 5.74) is 2.30. The lowest BCUT2D eigenvalue weighted by atomic mass is 10.1. The van der Waals surface area contributed by atoms with Crippen LogP contribution >= 0.6 is 23.2 Å². The molecule has 0 aliphatic carbocycles. The lowest BCUT2D eigenvalue weighted by Gasteiger charge is -2.30. The molecule has 1 amide bonds. The second-order valence-electron chi connectivity index (χ2n) is 6.80. The number of ether oxygens (including phenoxy) is 1. The van der Waals surface area contributed by atoms with Crippen LogP contribution in [0.4, 0.5) is 0 Å². The third-order valence-corrected chi connectivity index (χ3v) is 5.38. The molecule has 2 aromatic rings. The summed E-state index contributed by atoms with van der Waals surface area (Å²) in [7, 11) is 0. The molecular weight excluding hydrogens is 383 g/mol. The fourth-order valence-corrected chi connectivity index (χ4v) is 3.42. The molecule has 0 radical (unpaired) electrons. The maximum absolute atomic E-state index is 12.0. The first-order valence-electron chi connectivity index (χ1n) is 9.19. The van der Waals surface area contributed by atoms with Crippen molar-refractivity contribution in [2.75, 3.05) is 19.7 Å². The molecule has 1 aliphatic heterocycles. The van der Waals surface area contributed by atoms with E-state index in [0.717, 1.165) is 18.4 Å². The van der Waals surface area contributed by atoms with Gasteiger partial charge < -0.3 is 15.4 Å². The van der Waals surface area contributed by atoms with Gasteiger partial charge in [0.2, 0.25) is 5.91 Å². The number of morpholine rings is 1. The largest absolute Gasteiger partial charge is 0.373 e. The van der Waals surface area contributed by atoms with Crippen LogP contribution in [0.25, 0.3) is 0 Å². The number of hydrogen-bond acceptors (Lipinski definition) is 3. The lowest BCUT2D eigenvalue weighted by Crippen LogP contribution is -2.51. The molecule has 1 saturated heterocycles. The number of amides is 1. The molecule has 2 aromatic carbocycles. The summed E-state index contributed by atoms with van der Waals surface area (Å²) in [5.74, 6) is 0.0559. The van der Waals surface area contributed by atoms with Crippen molar-refractivity contribution in [1.29, 1.82) is 0 Å². The number of nitrogens with one attached hydrogen (secondary N) is 2. The average molecular weight is 407 g/mol. The molecule has 3 rings (SSSR count). The van der Waals surface area contributed by atoms with E-state index in [4.69, 9.17) is 27.9 Å². The minimum Gasteiger partial charge on any atom is -0.373 e. The van der Waals surface area contributed by atoms with Gasteiger partial charge in [0.15, 0.2) is 0 Å². The van der Waals surface area contributed by atoms with Crippen LogP contribution in [0.5, 0.6) is 0 Å². The van der Waals surface area contributed by atoms with E-state index in [9.17, 15) is 4.79 Å². The molecule has 1 fully saturated rings. The van der Waals surface area contributed by atoms with Crippen LogP contribution in [0.3, 0.4) is 0 Å². The number of rotatable bonds is 7. The summed E-state index contributed by atoms with van der Waals surface area (Å²) < 4.78 is 5.89. The van der Waals surface area contributed by atoms with Crippen molar-refractivity contribution in [1.82, 2.24) is 10.6 Å². The van der Waals surface area contributed by atoms with E-state index < -0.39 is 0 Å². The Hall–Kier alpha value is -1.59. The molecule has 0 aromatic heterocycles. The molecule has 1 aliphatic rings. The summed E-state index contributed by atoms with van der Waals surface area (Å²) in [6.45, 7) is 1.84. The van der Waals surface area contributed by atoms with Gasteiger partial charge in [0.05, 0.1) is 22.8 Å². The number of hydrogen-bond donors (Lipinski definition) is 2. The fraction of sp³-hybridized carbons (Fsp3) is 0.381. The highest BCUT2D eigenvalue weighted by Crippen LogP contribution is 2.23. The van der Waals surface area contributed by atoms with Crippen molar-refractivity contribution < 1.29 is 9.53 Å². The number of carbonyl (C=O) groups is 1. The van der Waals surface area contributed by atoms with Gasteiger partial charge in [-0.25, -0.2) is 0 Å². The molecule has 144 valence electrons. The summed E-state index contributed by atoms with van der Waals surface area (Å²) in [6.07, 6.45) is 2.06. The van der Waals surface area contributed by atoms with Gasteiger partial charge in [-0.05, 0) is 36.1 Å². The maximum Gasteiger partial charge on any atom is 0.220 e. The summed E-state index contributed by atoms with van der Waals surface area (Å²) in [6, 6.07) is 16.0. The fourth-order valence-electron chi connectivity index (χ4n) is 3.10. The van der Waals surface area contributed by atoms with Gasteiger partial charge in [0.25, 0.3) is 0 Å². The van der Waals surface area contributed by atoms with Gasteiger partial charge in [-0.15, -0.1) is 0 Å². The van der Waals surface area contributed by atoms with E-state index >= 15 is 0 Å². The number of carbonyl (C=O) groups excluding carboxylic acids is 1. The van der Waals surface area contributed by atoms with Gasteiger partial charge in [-0.3, -0.25) is 4.79 Å². The zero-order valence-corrected chi connectivity index (χ0v) is 16.6. The Labute approximate surface area is 170 Å². The predicted molar refractivity (Wildman–Crippen MR) is 109 cm³/mol. The van der Waals surface area contributed by atoms with Crippen LogP contribution in [0.2, 0.25) is 10.0 Å². The third-order valence-electron chi connectivity index (χ3n) is 4.64. The van der Waals surface area contributed by atoms with Crippen molar-refractivity contribution in [2.45, 2.75) is 31.4 Å². The van der Waals surface area contributed by atoms with Gasteiger partial charge in [0, 0.05) is 25.6 Å². The monoisotopic (exact) mass is 406 g/mol. The summed E-state index contributed by atoms with van der Waals surface area (Å²) in [4.78, 5) is 12.0. The molecule has 4 nitrogen and oxygen atoms in total. The van der Waals surface area contributed by atoms with Gasteiger partial charge in [-0.1, -0.05) is 59.6 Å². The van der Waals surface area contributed by atoms with Crippen LogP contribution in [0.1, 0.15) is 17.5 Å². The Kier molecular flexibility index (Phi) is 7.53. The molecule has 2 unspecified atom stereocenters. The predicted octanol–water partition coefficient (Wildman–Crippen LogP) is 3.64. The SMILES string of the molecule is O=C(CCc1ccccc1)NCC1CNC(Cc2ccc(Cl)c(Cl)c2)CO1. The van der Waals surface area contributed by atoms with Gasteiger partial charge in [-0.2, -0.15) is 0 Å². The minimum absolute atomic E-state index is 0.00395. The first-order chi connectivity index (χ1) is 13.1. The molecular formula is C21H24Cl2N2O2. The van der Waals surface area contributed by atoms with Crippen molar-refractivity contribution >= 4 is 29.1 Å². The Morgan fingerprint density at radius 1 is 1.11 bits per heavy atom. The number of halogens is 2. The molecule has 27 heavy (non-hydrogen) atoms. The van der Waals surface area contributed by atoms with E-state index in [-0.39, 0.29) is 18.1 Å². The lowest BCUT2D eigenvalue weighted by molar-refractivity contribution is -0.122. The molecule has 2 atom stereocenters. The molecule has 2 N–H and O–H groups in total. The molecule has 0 saturated carbocycles. The van der Waals surface area contributed by atoms with Gasteiger partial charge in [0.1, 0.15) is 0 Å². The zero-order chi connectivity index (χ0) is 19.1. The van der Waals surface area contributed by atoms with Crippen molar-refractivity contribution in [2.24, 2.45) is 0 Å². The zero-order valence-electron chi connectivity index (χ0n) is 15.1. The Bertz CT molecular complexity index is 747. The molecule has 1 heterocycles. The van der Waals surface area contributed by atoms with Crippen molar-refractivity contribution in [3.05, 3.63) is 69.7 Å². The highest BCUT2D eigenvalue weighted by Gasteiger charge is 2.21. The topological polar surface area (TPSA) is 50.4 Å². The highest BCUT2D eigenvalue weighted by atomic mass is 35.5. The standard InChI is InChI=1S/C21H24Cl2N2O2/c22-19-8-6-16(11-20(19)23)10-17-14-27-18(12-24-17)13-25-21(26)9-7-15-4-2-1-3-5-15/h1-6,8,11,17-18,24H,7,9-10,12-14H2,(H,25,26). The van der Waals surface area contributed by atoms with Crippen molar-refractivity contribution in [3.63, 3.8) is 0 Å². The third kappa shape index (κ3) is 6.51. The highest BCUT2D eigenvalue weighted by molar-refractivity contribution is 6.42. The first kappa shape index (κ1) is 20.2. The summed E-state index contributed by atoms with van der Waals surface area (Å²) >= 11 is 12.0. The van der Waals surface area contributed by atoms with E-state index in [2.05, 4.69) is 10.6 Å². The van der Waals surface area contributed by atoms with E-state index in [0.29, 0.717) is 36.2 Å². The van der Waals surface area contributed by atoms with Crippen LogP contribution in [0, 0.1) is 0 Å². The molecule has 0 bridgehead atoms. The normalized spacial score (nSPS) is 19.6. The van der Waals surface area contributed by atoms with E-state index in [1.54, 1.807) is 0 Å². The maximum atomic E-state index is 12.0. The second kappa shape index (κ2) is 10.1. The molecule has 6 heteroatoms. The second-order valence-corrected chi connectivity index (χ2v) is 7.62. The van der Waals surface area contributed by atoms with Crippen LogP contribution in [-0.2, 0) is 22.4 Å². The van der Waals surface area contributed by atoms with Crippen LogP contribution in [0.15, 0.2) is 48.5 Å². The van der Waals surface area contributed by atoms with Crippen molar-refractivity contribution in [3.8, 4) is 0 Å². The van der Waals surface area contributed by atoms with Crippen LogP contribution < -0.4 is 10.6 Å². The Morgan fingerprint density at radius 3 is 2.63 bits per heavy atom. The molecule has 0 spiro atoms. The van der Waals surface area contributed by atoms with E-state index in [1.807, 2.05) is 48.5 Å². The quantitative estimate of drug-likeness (QED) is 0.737. The van der Waals surface area contributed by atoms with E-state index in [1.165, 1.54) is 5.56 Å².